The zero-order valence-corrected chi connectivity index (χ0v) is 13.5. The maximum absolute atomic E-state index is 13.3. The molecule has 0 spiro atoms. The Morgan fingerprint density at radius 3 is 2.55 bits per heavy atom. The standard InChI is InChI=1S/C17H18FN3S/c1-19(11-13-6-5-7-14(18)10-13)12-21-16-9-4-3-8-15(16)20(2)17(21)22/h3-10H,11-12H2,1-2H3. The SMILES string of the molecule is CN(Cc1cccc(F)c1)Cn1c(=S)n(C)c2ccccc21. The molecule has 114 valence electrons. The van der Waals surface area contributed by atoms with Crippen LogP contribution >= 0.6 is 12.2 Å². The Balaban J connectivity index is 1.87. The van der Waals surface area contributed by atoms with E-state index in [9.17, 15) is 4.39 Å². The van der Waals surface area contributed by atoms with Crippen LogP contribution < -0.4 is 0 Å². The zero-order valence-electron chi connectivity index (χ0n) is 12.7. The van der Waals surface area contributed by atoms with Crippen molar-refractivity contribution in [3.05, 3.63) is 64.7 Å². The Kier molecular flexibility index (Phi) is 4.09. The molecule has 22 heavy (non-hydrogen) atoms. The Bertz CT molecular complexity index is 866. The van der Waals surface area contributed by atoms with Gasteiger partial charge in [-0.05, 0) is 49.1 Å². The van der Waals surface area contributed by atoms with Crippen LogP contribution in [-0.2, 0) is 20.3 Å². The number of para-hydroxylation sites is 2. The van der Waals surface area contributed by atoms with E-state index >= 15 is 0 Å². The molecule has 0 saturated heterocycles. The first-order valence-corrected chi connectivity index (χ1v) is 7.54. The second kappa shape index (κ2) is 6.02. The monoisotopic (exact) mass is 315 g/mol. The summed E-state index contributed by atoms with van der Waals surface area (Å²) in [7, 11) is 3.99. The van der Waals surface area contributed by atoms with E-state index < -0.39 is 0 Å². The lowest BCUT2D eigenvalue weighted by Gasteiger charge is -2.18. The van der Waals surface area contributed by atoms with Crippen molar-refractivity contribution in [2.75, 3.05) is 7.05 Å². The fourth-order valence-corrected chi connectivity index (χ4v) is 2.99. The van der Waals surface area contributed by atoms with Gasteiger partial charge in [-0.1, -0.05) is 24.3 Å². The van der Waals surface area contributed by atoms with Crippen molar-refractivity contribution in [1.29, 1.82) is 0 Å². The Morgan fingerprint density at radius 2 is 1.82 bits per heavy atom. The first kappa shape index (κ1) is 14.9. The maximum Gasteiger partial charge on any atom is 0.181 e. The van der Waals surface area contributed by atoms with Crippen molar-refractivity contribution in [1.82, 2.24) is 14.0 Å². The molecule has 0 fully saturated rings. The number of halogens is 1. The van der Waals surface area contributed by atoms with Gasteiger partial charge in [0, 0.05) is 13.6 Å². The summed E-state index contributed by atoms with van der Waals surface area (Å²) in [6.07, 6.45) is 0. The highest BCUT2D eigenvalue weighted by molar-refractivity contribution is 7.71. The Morgan fingerprint density at radius 1 is 1.09 bits per heavy atom. The molecule has 5 heteroatoms. The van der Waals surface area contributed by atoms with Crippen LogP contribution in [0.5, 0.6) is 0 Å². The highest BCUT2D eigenvalue weighted by Gasteiger charge is 2.09. The molecular formula is C17H18FN3S. The summed E-state index contributed by atoms with van der Waals surface area (Å²) in [6.45, 7) is 1.33. The quantitative estimate of drug-likeness (QED) is 0.677. The molecule has 0 amide bonds. The van der Waals surface area contributed by atoms with Crippen LogP contribution in [0.4, 0.5) is 4.39 Å². The van der Waals surface area contributed by atoms with Crippen LogP contribution in [0.25, 0.3) is 11.0 Å². The van der Waals surface area contributed by atoms with Crippen LogP contribution in [0.1, 0.15) is 5.56 Å². The first-order valence-electron chi connectivity index (χ1n) is 7.13. The maximum atomic E-state index is 13.3. The minimum Gasteiger partial charge on any atom is -0.320 e. The first-order chi connectivity index (χ1) is 10.6. The number of nitrogens with zero attached hydrogens (tertiary/aromatic N) is 3. The van der Waals surface area contributed by atoms with E-state index in [1.165, 1.54) is 6.07 Å². The van der Waals surface area contributed by atoms with Crippen molar-refractivity contribution < 1.29 is 4.39 Å². The number of rotatable bonds is 4. The fraction of sp³-hybridized carbons (Fsp3) is 0.235. The van der Waals surface area contributed by atoms with Gasteiger partial charge in [0.2, 0.25) is 0 Å². The predicted octanol–water partition coefficient (Wildman–Crippen LogP) is 3.94. The van der Waals surface area contributed by atoms with E-state index in [1.807, 2.05) is 36.9 Å². The molecule has 2 aromatic carbocycles. The highest BCUT2D eigenvalue weighted by Crippen LogP contribution is 2.17. The fourth-order valence-electron chi connectivity index (χ4n) is 2.74. The summed E-state index contributed by atoms with van der Waals surface area (Å²) in [6, 6.07) is 14.9. The normalized spacial score (nSPS) is 11.5. The van der Waals surface area contributed by atoms with E-state index in [1.54, 1.807) is 12.1 Å². The summed E-state index contributed by atoms with van der Waals surface area (Å²) in [5.41, 5.74) is 3.18. The number of imidazole rings is 1. The van der Waals surface area contributed by atoms with E-state index in [-0.39, 0.29) is 5.82 Å². The molecule has 0 aliphatic heterocycles. The van der Waals surface area contributed by atoms with Crippen molar-refractivity contribution in [2.24, 2.45) is 7.05 Å². The molecule has 3 aromatic rings. The Labute approximate surface area is 134 Å². The predicted molar refractivity (Wildman–Crippen MR) is 89.6 cm³/mol. The lowest BCUT2D eigenvalue weighted by Crippen LogP contribution is -2.21. The molecule has 0 N–H and O–H groups in total. The minimum absolute atomic E-state index is 0.201. The van der Waals surface area contributed by atoms with Gasteiger partial charge in [-0.25, -0.2) is 4.39 Å². The molecule has 3 rings (SSSR count). The van der Waals surface area contributed by atoms with Gasteiger partial charge in [0.25, 0.3) is 0 Å². The second-order valence-corrected chi connectivity index (χ2v) is 5.91. The van der Waals surface area contributed by atoms with Crippen molar-refractivity contribution in [3.8, 4) is 0 Å². The van der Waals surface area contributed by atoms with Gasteiger partial charge in [0.1, 0.15) is 5.82 Å². The van der Waals surface area contributed by atoms with Gasteiger partial charge >= 0.3 is 0 Å². The van der Waals surface area contributed by atoms with Gasteiger partial charge in [-0.15, -0.1) is 0 Å². The molecule has 0 saturated carbocycles. The molecule has 0 atom stereocenters. The van der Waals surface area contributed by atoms with Crippen LogP contribution in [0.3, 0.4) is 0 Å². The number of benzene rings is 2. The summed E-state index contributed by atoms with van der Waals surface area (Å²) < 4.78 is 18.2. The largest absolute Gasteiger partial charge is 0.320 e. The zero-order chi connectivity index (χ0) is 15.7. The van der Waals surface area contributed by atoms with Crippen LogP contribution in [0.15, 0.2) is 48.5 Å². The molecule has 1 heterocycles. The number of hydrogen-bond donors (Lipinski definition) is 0. The van der Waals surface area contributed by atoms with Gasteiger partial charge < -0.3 is 9.13 Å². The third-order valence-corrected chi connectivity index (χ3v) is 4.27. The summed E-state index contributed by atoms with van der Waals surface area (Å²) in [5.74, 6) is -0.201. The number of aromatic nitrogens is 2. The Hall–Kier alpha value is -1.98. The second-order valence-electron chi connectivity index (χ2n) is 5.54. The topological polar surface area (TPSA) is 13.1 Å². The van der Waals surface area contributed by atoms with Gasteiger partial charge in [-0.2, -0.15) is 0 Å². The smallest absolute Gasteiger partial charge is 0.181 e. The molecule has 0 unspecified atom stereocenters. The third kappa shape index (κ3) is 2.82. The molecule has 0 radical (unpaired) electrons. The average molecular weight is 315 g/mol. The van der Waals surface area contributed by atoms with Crippen LogP contribution in [-0.4, -0.2) is 21.1 Å². The van der Waals surface area contributed by atoms with Gasteiger partial charge in [0.15, 0.2) is 4.77 Å². The lowest BCUT2D eigenvalue weighted by molar-refractivity contribution is 0.262. The van der Waals surface area contributed by atoms with Crippen molar-refractivity contribution >= 4 is 23.3 Å². The van der Waals surface area contributed by atoms with Crippen LogP contribution in [0, 0.1) is 10.6 Å². The number of fused-ring (bicyclic) bond motifs is 1. The van der Waals surface area contributed by atoms with E-state index in [4.69, 9.17) is 12.2 Å². The van der Waals surface area contributed by atoms with E-state index in [0.29, 0.717) is 13.2 Å². The summed E-state index contributed by atoms with van der Waals surface area (Å²) in [5, 5.41) is 0. The third-order valence-electron chi connectivity index (χ3n) is 3.78. The molecule has 1 aromatic heterocycles. The average Bonchev–Trinajstić information content (AvgIpc) is 2.73. The minimum atomic E-state index is -0.201. The number of hydrogen-bond acceptors (Lipinski definition) is 2. The molecule has 0 aliphatic carbocycles. The summed E-state index contributed by atoms with van der Waals surface area (Å²) in [4.78, 5) is 2.12. The number of aryl methyl sites for hydroxylation is 1. The van der Waals surface area contributed by atoms with E-state index in [2.05, 4.69) is 21.6 Å². The molecule has 0 bridgehead atoms. The van der Waals surface area contributed by atoms with Gasteiger partial charge in [-0.3, -0.25) is 4.90 Å². The van der Waals surface area contributed by atoms with Crippen molar-refractivity contribution in [2.45, 2.75) is 13.2 Å². The molecule has 3 nitrogen and oxygen atoms in total. The summed E-state index contributed by atoms with van der Waals surface area (Å²) >= 11 is 5.54. The molecular weight excluding hydrogens is 297 g/mol. The van der Waals surface area contributed by atoms with Gasteiger partial charge in [0.05, 0.1) is 17.7 Å². The highest BCUT2D eigenvalue weighted by atomic mass is 32.1. The molecule has 0 aliphatic rings. The van der Waals surface area contributed by atoms with Crippen molar-refractivity contribution in [3.63, 3.8) is 0 Å². The lowest BCUT2D eigenvalue weighted by atomic mass is 10.2. The van der Waals surface area contributed by atoms with E-state index in [0.717, 1.165) is 21.4 Å². The van der Waals surface area contributed by atoms with Crippen LogP contribution in [0.2, 0.25) is 0 Å².